The van der Waals surface area contributed by atoms with Gasteiger partial charge in [-0.25, -0.2) is 8.78 Å². The van der Waals surface area contributed by atoms with Crippen LogP contribution < -0.4 is 10.2 Å². The van der Waals surface area contributed by atoms with Crippen LogP contribution in [0.1, 0.15) is 32.1 Å². The van der Waals surface area contributed by atoms with Crippen molar-refractivity contribution in [2.24, 2.45) is 0 Å². The summed E-state index contributed by atoms with van der Waals surface area (Å²) in [6, 6.07) is 4.75. The minimum Gasteiger partial charge on any atom is -0.365 e. The molecular formula is C18H24F2N2O2. The zero-order valence-corrected chi connectivity index (χ0v) is 13.8. The molecule has 4 nitrogen and oxygen atoms in total. The third kappa shape index (κ3) is 3.15. The molecule has 0 aromatic heterocycles. The Bertz CT molecular complexity index is 562. The summed E-state index contributed by atoms with van der Waals surface area (Å²) in [5.74, 6) is -1.30. The van der Waals surface area contributed by atoms with Gasteiger partial charge in [-0.05, 0) is 31.4 Å². The molecule has 6 heteroatoms. The number of anilines is 1. The standard InChI is InChI=1S/C18H24F2N2O2/c19-15-2-1-3-16(20)17(15)22-9-6-14(12-22)21-13-4-7-18(8-5-13)23-10-11-24-18/h1-3,13-14,21H,4-12H2/t14-/m0/s1. The molecule has 24 heavy (non-hydrogen) atoms. The van der Waals surface area contributed by atoms with Gasteiger partial charge < -0.3 is 19.7 Å². The minimum absolute atomic E-state index is 0.108. The number of hydrogen-bond acceptors (Lipinski definition) is 4. The summed E-state index contributed by atoms with van der Waals surface area (Å²) in [5.41, 5.74) is 0.108. The molecule has 132 valence electrons. The fourth-order valence-electron chi connectivity index (χ4n) is 4.23. The van der Waals surface area contributed by atoms with Crippen LogP contribution in [0.15, 0.2) is 18.2 Å². The molecule has 1 saturated carbocycles. The normalized spacial score (nSPS) is 27.2. The lowest BCUT2D eigenvalue weighted by Crippen LogP contribution is -2.46. The van der Waals surface area contributed by atoms with Crippen LogP contribution in [-0.2, 0) is 9.47 Å². The Kier molecular flexibility index (Phi) is 4.45. The molecular weight excluding hydrogens is 314 g/mol. The molecule has 0 amide bonds. The number of nitrogens with one attached hydrogen (secondary N) is 1. The number of ether oxygens (including phenoxy) is 2. The Morgan fingerprint density at radius 2 is 1.67 bits per heavy atom. The highest BCUT2D eigenvalue weighted by Crippen LogP contribution is 2.36. The van der Waals surface area contributed by atoms with Crippen molar-refractivity contribution >= 4 is 5.69 Å². The predicted octanol–water partition coefficient (Wildman–Crippen LogP) is 2.82. The molecule has 2 aliphatic heterocycles. The molecule has 1 aliphatic carbocycles. The number of para-hydroxylation sites is 1. The van der Waals surface area contributed by atoms with Gasteiger partial charge in [0.05, 0.1) is 13.2 Å². The Balaban J connectivity index is 1.32. The lowest BCUT2D eigenvalue weighted by atomic mass is 9.89. The highest BCUT2D eigenvalue weighted by atomic mass is 19.1. The van der Waals surface area contributed by atoms with Crippen LogP contribution in [0.4, 0.5) is 14.5 Å². The van der Waals surface area contributed by atoms with Crippen LogP contribution in [0.3, 0.4) is 0 Å². The van der Waals surface area contributed by atoms with Crippen LogP contribution in [0.2, 0.25) is 0 Å². The fourth-order valence-corrected chi connectivity index (χ4v) is 4.23. The van der Waals surface area contributed by atoms with Crippen molar-refractivity contribution in [3.8, 4) is 0 Å². The van der Waals surface area contributed by atoms with E-state index in [1.807, 2.05) is 4.90 Å². The van der Waals surface area contributed by atoms with E-state index in [9.17, 15) is 8.78 Å². The highest BCUT2D eigenvalue weighted by Gasteiger charge is 2.41. The van der Waals surface area contributed by atoms with Crippen molar-refractivity contribution in [2.45, 2.75) is 50.0 Å². The Morgan fingerprint density at radius 1 is 1.00 bits per heavy atom. The van der Waals surface area contributed by atoms with Crippen molar-refractivity contribution in [1.29, 1.82) is 0 Å². The molecule has 3 fully saturated rings. The smallest absolute Gasteiger partial charge is 0.168 e. The zero-order valence-electron chi connectivity index (χ0n) is 13.8. The minimum atomic E-state index is -0.481. The van der Waals surface area contributed by atoms with Crippen molar-refractivity contribution in [1.82, 2.24) is 5.32 Å². The van der Waals surface area contributed by atoms with E-state index >= 15 is 0 Å². The van der Waals surface area contributed by atoms with Gasteiger partial charge in [0, 0.05) is 38.0 Å². The van der Waals surface area contributed by atoms with Gasteiger partial charge in [0.15, 0.2) is 5.79 Å². The summed E-state index contributed by atoms with van der Waals surface area (Å²) in [7, 11) is 0. The molecule has 0 radical (unpaired) electrons. The van der Waals surface area contributed by atoms with Crippen molar-refractivity contribution in [2.75, 3.05) is 31.2 Å². The summed E-state index contributed by atoms with van der Waals surface area (Å²) in [5, 5.41) is 3.67. The maximum absolute atomic E-state index is 13.9. The topological polar surface area (TPSA) is 33.7 Å². The van der Waals surface area contributed by atoms with Gasteiger partial charge in [-0.2, -0.15) is 0 Å². The second-order valence-corrected chi connectivity index (χ2v) is 7.05. The summed E-state index contributed by atoms with van der Waals surface area (Å²) < 4.78 is 39.4. The molecule has 0 bridgehead atoms. The number of hydrogen-bond donors (Lipinski definition) is 1. The van der Waals surface area contributed by atoms with Gasteiger partial charge in [0.25, 0.3) is 0 Å². The van der Waals surface area contributed by atoms with Gasteiger partial charge in [-0.1, -0.05) is 6.07 Å². The third-order valence-electron chi connectivity index (χ3n) is 5.47. The van der Waals surface area contributed by atoms with Gasteiger partial charge in [-0.3, -0.25) is 0 Å². The fraction of sp³-hybridized carbons (Fsp3) is 0.667. The van der Waals surface area contributed by atoms with Crippen LogP contribution in [-0.4, -0.2) is 44.2 Å². The lowest BCUT2D eigenvalue weighted by molar-refractivity contribution is -0.179. The van der Waals surface area contributed by atoms with E-state index in [0.29, 0.717) is 32.3 Å². The van der Waals surface area contributed by atoms with Crippen LogP contribution in [0.25, 0.3) is 0 Å². The zero-order chi connectivity index (χ0) is 16.6. The molecule has 1 aromatic rings. The summed E-state index contributed by atoms with van der Waals surface area (Å²) in [6.07, 6.45) is 4.78. The van der Waals surface area contributed by atoms with Gasteiger partial charge in [0.1, 0.15) is 17.3 Å². The van der Waals surface area contributed by atoms with E-state index in [4.69, 9.17) is 9.47 Å². The molecule has 2 heterocycles. The maximum Gasteiger partial charge on any atom is 0.168 e. The molecule has 4 rings (SSSR count). The quantitative estimate of drug-likeness (QED) is 0.919. The summed E-state index contributed by atoms with van der Waals surface area (Å²) in [4.78, 5) is 1.82. The van der Waals surface area contributed by atoms with Gasteiger partial charge in [-0.15, -0.1) is 0 Å². The SMILES string of the molecule is Fc1cccc(F)c1N1CC[C@H](NC2CCC3(CC2)OCCO3)C1. The first-order valence-electron chi connectivity index (χ1n) is 8.88. The summed E-state index contributed by atoms with van der Waals surface area (Å²) >= 11 is 0. The molecule has 1 atom stereocenters. The number of benzene rings is 1. The molecule has 3 aliphatic rings. The second kappa shape index (κ2) is 6.58. The van der Waals surface area contributed by atoms with E-state index in [-0.39, 0.29) is 17.5 Å². The highest BCUT2D eigenvalue weighted by molar-refractivity contribution is 5.50. The van der Waals surface area contributed by atoms with Crippen molar-refractivity contribution in [3.05, 3.63) is 29.8 Å². The first-order chi connectivity index (χ1) is 11.7. The molecule has 1 N–H and O–H groups in total. The number of halogens is 2. The number of rotatable bonds is 3. The lowest BCUT2D eigenvalue weighted by Gasteiger charge is -2.36. The maximum atomic E-state index is 13.9. The Hall–Kier alpha value is -1.24. The van der Waals surface area contributed by atoms with Gasteiger partial charge >= 0.3 is 0 Å². The molecule has 1 spiro atoms. The third-order valence-corrected chi connectivity index (χ3v) is 5.47. The molecule has 0 unspecified atom stereocenters. The van der Waals surface area contributed by atoms with E-state index in [2.05, 4.69) is 5.32 Å². The van der Waals surface area contributed by atoms with Crippen LogP contribution in [0.5, 0.6) is 0 Å². The summed E-state index contributed by atoms with van der Waals surface area (Å²) in [6.45, 7) is 2.72. The van der Waals surface area contributed by atoms with E-state index in [0.717, 1.165) is 32.1 Å². The Labute approximate surface area is 141 Å². The largest absolute Gasteiger partial charge is 0.365 e. The molecule has 1 aromatic carbocycles. The monoisotopic (exact) mass is 338 g/mol. The van der Waals surface area contributed by atoms with Gasteiger partial charge in [0.2, 0.25) is 0 Å². The average molecular weight is 338 g/mol. The first-order valence-corrected chi connectivity index (χ1v) is 8.88. The first kappa shape index (κ1) is 16.2. The molecule has 2 saturated heterocycles. The Morgan fingerprint density at radius 3 is 2.33 bits per heavy atom. The predicted molar refractivity (Wildman–Crippen MR) is 87.0 cm³/mol. The number of nitrogens with zero attached hydrogens (tertiary/aromatic N) is 1. The van der Waals surface area contributed by atoms with Crippen molar-refractivity contribution < 1.29 is 18.3 Å². The average Bonchev–Trinajstić information content (AvgIpc) is 3.20. The van der Waals surface area contributed by atoms with E-state index in [1.165, 1.54) is 18.2 Å². The van der Waals surface area contributed by atoms with Crippen molar-refractivity contribution in [3.63, 3.8) is 0 Å². The van der Waals surface area contributed by atoms with Crippen LogP contribution in [0, 0.1) is 11.6 Å². The van der Waals surface area contributed by atoms with Crippen LogP contribution >= 0.6 is 0 Å². The van der Waals surface area contributed by atoms with E-state index in [1.54, 1.807) is 0 Å². The van der Waals surface area contributed by atoms with E-state index < -0.39 is 11.6 Å². The second-order valence-electron chi connectivity index (χ2n) is 7.05.